The Morgan fingerprint density at radius 2 is 2.14 bits per heavy atom. The number of nitrogens with one attached hydrogen (secondary N) is 1. The molecule has 1 aromatic carbocycles. The third-order valence-electron chi connectivity index (χ3n) is 3.63. The van der Waals surface area contributed by atoms with Crippen LogP contribution in [-0.4, -0.2) is 38.8 Å². The van der Waals surface area contributed by atoms with E-state index in [1.54, 1.807) is 0 Å². The van der Waals surface area contributed by atoms with Gasteiger partial charge >= 0.3 is 0 Å². The predicted molar refractivity (Wildman–Crippen MR) is 80.0 cm³/mol. The van der Waals surface area contributed by atoms with Gasteiger partial charge < -0.3 is 10.1 Å². The van der Waals surface area contributed by atoms with Gasteiger partial charge in [-0.15, -0.1) is 0 Å². The maximum atomic E-state index is 13.9. The Hall–Kier alpha value is -1.47. The second kappa shape index (κ2) is 6.75. The fourth-order valence-electron chi connectivity index (χ4n) is 2.25. The van der Waals surface area contributed by atoms with E-state index >= 15 is 0 Å². The molecule has 2 rings (SSSR count). The van der Waals surface area contributed by atoms with Gasteiger partial charge in [-0.05, 0) is 44.9 Å². The topological polar surface area (TPSA) is 72.5 Å². The quantitative estimate of drug-likeness (QED) is 0.857. The number of carbonyl (C=O) groups is 1. The van der Waals surface area contributed by atoms with Gasteiger partial charge in [-0.3, -0.25) is 4.79 Å². The number of benzene rings is 1. The highest BCUT2D eigenvalue weighted by atomic mass is 32.2. The summed E-state index contributed by atoms with van der Waals surface area (Å²) in [6.07, 6.45) is 1.59. The van der Waals surface area contributed by atoms with Gasteiger partial charge in [0, 0.05) is 6.61 Å². The maximum Gasteiger partial charge on any atom is 0.254 e. The lowest BCUT2D eigenvalue weighted by Gasteiger charge is -2.23. The van der Waals surface area contributed by atoms with E-state index in [-0.39, 0.29) is 16.5 Å². The first kappa shape index (κ1) is 16.9. The smallest absolute Gasteiger partial charge is 0.254 e. The fourth-order valence-corrected chi connectivity index (χ4v) is 3.33. The van der Waals surface area contributed by atoms with Crippen molar-refractivity contribution < 1.29 is 22.3 Å². The molecule has 1 N–H and O–H groups in total. The van der Waals surface area contributed by atoms with Crippen LogP contribution in [0.1, 0.15) is 37.0 Å². The van der Waals surface area contributed by atoms with Crippen LogP contribution in [0.5, 0.6) is 0 Å². The van der Waals surface area contributed by atoms with Gasteiger partial charge in [0.25, 0.3) is 5.91 Å². The monoisotopic (exact) mass is 329 g/mol. The minimum Gasteiger partial charge on any atom is -0.379 e. The van der Waals surface area contributed by atoms with Crippen LogP contribution in [0.25, 0.3) is 0 Å². The molecule has 0 aliphatic carbocycles. The Morgan fingerprint density at radius 1 is 1.41 bits per heavy atom. The van der Waals surface area contributed by atoms with Gasteiger partial charge in [0.1, 0.15) is 5.82 Å². The lowest BCUT2D eigenvalue weighted by Crippen LogP contribution is -2.41. The van der Waals surface area contributed by atoms with Crippen LogP contribution in [0.2, 0.25) is 0 Å². The van der Waals surface area contributed by atoms with E-state index in [1.807, 2.05) is 0 Å². The largest absolute Gasteiger partial charge is 0.379 e. The molecule has 122 valence electrons. The van der Waals surface area contributed by atoms with Crippen LogP contribution in [-0.2, 0) is 14.6 Å². The van der Waals surface area contributed by atoms with Crippen molar-refractivity contribution in [3.05, 3.63) is 29.6 Å². The molecule has 1 aliphatic heterocycles. The van der Waals surface area contributed by atoms with Gasteiger partial charge in [-0.25, -0.2) is 12.8 Å². The highest BCUT2D eigenvalue weighted by Gasteiger charge is 2.24. The molecule has 1 fully saturated rings. The molecule has 1 saturated heterocycles. The summed E-state index contributed by atoms with van der Waals surface area (Å²) in [7, 11) is -3.55. The zero-order chi connectivity index (χ0) is 16.3. The summed E-state index contributed by atoms with van der Waals surface area (Å²) >= 11 is 0. The van der Waals surface area contributed by atoms with Crippen molar-refractivity contribution >= 4 is 15.7 Å². The Bertz CT molecular complexity index is 652. The van der Waals surface area contributed by atoms with Crippen LogP contribution >= 0.6 is 0 Å². The molecule has 0 aromatic heterocycles. The second-order valence-corrected chi connectivity index (χ2v) is 8.13. The number of carbonyl (C=O) groups excluding carboxylic acids is 1. The molecular formula is C15H20FNO4S. The van der Waals surface area contributed by atoms with Crippen molar-refractivity contribution in [1.82, 2.24) is 5.32 Å². The molecule has 7 heteroatoms. The third kappa shape index (κ3) is 3.64. The van der Waals surface area contributed by atoms with Gasteiger partial charge in [0.05, 0.1) is 28.4 Å². The zero-order valence-electron chi connectivity index (χ0n) is 12.6. The molecule has 1 heterocycles. The molecule has 0 unspecified atom stereocenters. The minimum atomic E-state index is -3.55. The fraction of sp³-hybridized carbons (Fsp3) is 0.533. The second-order valence-electron chi connectivity index (χ2n) is 5.62. The summed E-state index contributed by atoms with van der Waals surface area (Å²) in [5.74, 6) is -1.36. The molecule has 22 heavy (non-hydrogen) atoms. The highest BCUT2D eigenvalue weighted by Crippen LogP contribution is 2.20. The van der Waals surface area contributed by atoms with Crippen molar-refractivity contribution in [2.45, 2.75) is 42.9 Å². The first-order valence-corrected chi connectivity index (χ1v) is 8.79. The van der Waals surface area contributed by atoms with Crippen molar-refractivity contribution in [2.75, 3.05) is 13.2 Å². The van der Waals surface area contributed by atoms with E-state index in [0.717, 1.165) is 25.0 Å². The maximum absolute atomic E-state index is 13.9. The van der Waals surface area contributed by atoms with Crippen LogP contribution in [0.15, 0.2) is 23.1 Å². The first-order valence-electron chi connectivity index (χ1n) is 7.24. The van der Waals surface area contributed by atoms with Gasteiger partial charge in [-0.2, -0.15) is 0 Å². The number of sulfone groups is 1. The molecule has 1 atom stereocenters. The number of hydrogen-bond acceptors (Lipinski definition) is 4. The summed E-state index contributed by atoms with van der Waals surface area (Å²) in [5.41, 5.74) is -0.257. The molecule has 1 aliphatic rings. The van der Waals surface area contributed by atoms with E-state index in [0.29, 0.717) is 13.2 Å². The standard InChI is InChI=1S/C15H20FNO4S/c1-10(2)22(19,20)12-5-6-14(16)13(8-12)15(18)17-11-4-3-7-21-9-11/h5-6,8,10-11H,3-4,7,9H2,1-2H3,(H,17,18)/t11-/m0/s1. The normalized spacial score (nSPS) is 19.2. The molecule has 0 spiro atoms. The highest BCUT2D eigenvalue weighted by molar-refractivity contribution is 7.92. The van der Waals surface area contributed by atoms with Gasteiger partial charge in [0.15, 0.2) is 9.84 Å². The Labute approximate surface area is 129 Å². The summed E-state index contributed by atoms with van der Waals surface area (Å²) in [6.45, 7) is 4.12. The molecular weight excluding hydrogens is 309 g/mol. The third-order valence-corrected chi connectivity index (χ3v) is 5.78. The van der Waals surface area contributed by atoms with Crippen LogP contribution < -0.4 is 5.32 Å². The molecule has 1 amide bonds. The Balaban J connectivity index is 2.24. The zero-order valence-corrected chi connectivity index (χ0v) is 13.5. The number of ether oxygens (including phenoxy) is 1. The summed E-state index contributed by atoms with van der Waals surface area (Å²) in [5, 5.41) is 2.05. The average molecular weight is 329 g/mol. The van der Waals surface area contributed by atoms with E-state index in [2.05, 4.69) is 5.32 Å². The van der Waals surface area contributed by atoms with Gasteiger partial charge in [0.2, 0.25) is 0 Å². The predicted octanol–water partition coefficient (Wildman–Crippen LogP) is 1.92. The Morgan fingerprint density at radius 3 is 2.73 bits per heavy atom. The number of hydrogen-bond donors (Lipinski definition) is 1. The lowest BCUT2D eigenvalue weighted by atomic mass is 10.1. The van der Waals surface area contributed by atoms with E-state index in [1.165, 1.54) is 19.9 Å². The van der Waals surface area contributed by atoms with Crippen molar-refractivity contribution in [3.8, 4) is 0 Å². The van der Waals surface area contributed by atoms with Crippen molar-refractivity contribution in [3.63, 3.8) is 0 Å². The molecule has 5 nitrogen and oxygen atoms in total. The lowest BCUT2D eigenvalue weighted by molar-refractivity contribution is 0.0622. The summed E-state index contributed by atoms with van der Waals surface area (Å²) in [6, 6.07) is 3.13. The minimum absolute atomic E-state index is 0.0473. The first-order chi connectivity index (χ1) is 10.3. The van der Waals surface area contributed by atoms with E-state index in [9.17, 15) is 17.6 Å². The summed E-state index contributed by atoms with van der Waals surface area (Å²) in [4.78, 5) is 12.1. The SMILES string of the molecule is CC(C)S(=O)(=O)c1ccc(F)c(C(=O)N[C@H]2CCCOC2)c1. The molecule has 0 radical (unpaired) electrons. The number of rotatable bonds is 4. The van der Waals surface area contributed by atoms with E-state index in [4.69, 9.17) is 4.74 Å². The summed E-state index contributed by atoms with van der Waals surface area (Å²) < 4.78 is 43.4. The van der Waals surface area contributed by atoms with E-state index < -0.39 is 26.8 Å². The average Bonchev–Trinajstić information content (AvgIpc) is 2.48. The van der Waals surface area contributed by atoms with Crippen molar-refractivity contribution in [2.24, 2.45) is 0 Å². The number of halogens is 1. The van der Waals surface area contributed by atoms with Crippen LogP contribution in [0.4, 0.5) is 4.39 Å². The molecule has 0 saturated carbocycles. The van der Waals surface area contributed by atoms with Crippen molar-refractivity contribution in [1.29, 1.82) is 0 Å². The molecule has 0 bridgehead atoms. The molecule has 1 aromatic rings. The number of amides is 1. The Kier molecular flexibility index (Phi) is 5.18. The van der Waals surface area contributed by atoms with Crippen LogP contribution in [0.3, 0.4) is 0 Å². The van der Waals surface area contributed by atoms with Crippen LogP contribution in [0, 0.1) is 5.82 Å². The van der Waals surface area contributed by atoms with Gasteiger partial charge in [-0.1, -0.05) is 0 Å².